The molecule has 1 saturated heterocycles. The number of phosphoric ester groups is 3. The van der Waals surface area contributed by atoms with Crippen molar-refractivity contribution < 1.29 is 116 Å². The quantitative estimate of drug-likeness (QED) is 0.0741. The van der Waals surface area contributed by atoms with Gasteiger partial charge in [0, 0.05) is 26.3 Å². The minimum absolute atomic E-state index is 0.0651. The van der Waals surface area contributed by atoms with Gasteiger partial charge < -0.3 is 53.1 Å². The molecule has 2 heterocycles. The second-order valence-corrected chi connectivity index (χ2v) is 23.3. The first-order valence-electron chi connectivity index (χ1n) is 17.6. The molecule has 59 heavy (non-hydrogen) atoms. The van der Waals surface area contributed by atoms with E-state index in [4.69, 9.17) is 9.26 Å². The van der Waals surface area contributed by atoms with E-state index in [1.807, 2.05) is 6.20 Å². The highest BCUT2D eigenvalue weighted by atomic mass is 31.3. The number of ether oxygens (including phenoxy) is 1. The zero-order chi connectivity index (χ0) is 44.6. The number of aromatic nitrogens is 3. The van der Waals surface area contributed by atoms with Crippen molar-refractivity contribution >= 4 is 54.8 Å². The molecule has 2 rings (SSSR count). The summed E-state index contributed by atoms with van der Waals surface area (Å²) in [5, 5.41) is 17.9. The molecule has 0 spiro atoms. The number of aliphatic hydroxyl groups excluding tert-OH is 1. The Morgan fingerprint density at radius 1 is 0.678 bits per heavy atom. The van der Waals surface area contributed by atoms with E-state index in [9.17, 15) is 71.3 Å². The number of rotatable bonds is 33. The third kappa shape index (κ3) is 25.2. The number of hydrogen-bond donors (Lipinski definition) is 2. The second-order valence-electron chi connectivity index (χ2n) is 12.6. The van der Waals surface area contributed by atoms with Crippen LogP contribution in [-0.2, 0) is 89.3 Å². The maximum Gasteiger partial charge on any atom is 0.471 e. The van der Waals surface area contributed by atoms with E-state index in [2.05, 4.69) is 45.4 Å². The zero-order valence-corrected chi connectivity index (χ0v) is 37.8. The van der Waals surface area contributed by atoms with Crippen molar-refractivity contribution in [3.63, 3.8) is 0 Å². The number of aryl methyl sites for hydroxylation is 2. The van der Waals surface area contributed by atoms with Crippen molar-refractivity contribution in [2.75, 3.05) is 26.9 Å². The highest BCUT2D eigenvalue weighted by molar-refractivity contribution is 7.71. The van der Waals surface area contributed by atoms with Crippen molar-refractivity contribution in [2.24, 2.45) is 0 Å². The number of unbranched alkanes of at least 4 members (excludes halogenated alkanes) is 9. The summed E-state index contributed by atoms with van der Waals surface area (Å²) in [6, 6.07) is 0. The SMILES string of the molecule is COP(=O)(O)OCCCCc1cn(CCCCCCCCCCCOP(=O)([O-])OP(=O)([O-])OP(=O)([O-])OP(=O)([O-])OP(=O)([O-])OP(=O)([O-])OCC2OC(C)CC2O)nn1. The van der Waals surface area contributed by atoms with Crippen LogP contribution in [0.25, 0.3) is 0 Å². The fraction of sp³-hybridized carbons (Fsp3) is 0.917. The van der Waals surface area contributed by atoms with Gasteiger partial charge in [-0.1, -0.05) is 50.2 Å². The second kappa shape index (κ2) is 24.9. The van der Waals surface area contributed by atoms with Crippen LogP contribution in [0.1, 0.15) is 89.7 Å². The predicted octanol–water partition coefficient (Wildman–Crippen LogP) is 1.34. The first-order valence-corrected chi connectivity index (χ1v) is 27.9. The molecule has 1 aliphatic heterocycles. The smallest absolute Gasteiger partial charge is 0.471 e. The summed E-state index contributed by atoms with van der Waals surface area (Å²) in [6.45, 7) is 0.674. The Morgan fingerprint density at radius 3 is 1.61 bits per heavy atom. The lowest BCUT2D eigenvalue weighted by molar-refractivity contribution is -0.256. The number of hydrogen-bond acceptors (Lipinski definition) is 26. The van der Waals surface area contributed by atoms with E-state index in [1.54, 1.807) is 4.68 Å². The molecule has 10 unspecified atom stereocenters. The molecule has 2 N–H and O–H groups in total. The predicted molar refractivity (Wildman–Crippen MR) is 185 cm³/mol. The molecule has 0 bridgehead atoms. The molecule has 1 aromatic heterocycles. The Balaban J connectivity index is 1.59. The van der Waals surface area contributed by atoms with Crippen LogP contribution < -0.4 is 29.4 Å². The van der Waals surface area contributed by atoms with Gasteiger partial charge >= 0.3 is 7.82 Å². The Morgan fingerprint density at radius 2 is 1.12 bits per heavy atom. The average molecular weight is 993 g/mol. The normalized spacial score (nSPS) is 24.5. The Bertz CT molecular complexity index is 1780. The molecule has 0 radical (unpaired) electrons. The van der Waals surface area contributed by atoms with Crippen LogP contribution in [0.4, 0.5) is 0 Å². The van der Waals surface area contributed by atoms with Crippen LogP contribution in [0.2, 0.25) is 0 Å². The van der Waals surface area contributed by atoms with Gasteiger partial charge in [0.1, 0.15) is 6.10 Å². The fourth-order valence-corrected chi connectivity index (χ4v) is 12.9. The number of aliphatic hydroxyl groups is 1. The third-order valence-corrected chi connectivity index (χ3v) is 17.4. The summed E-state index contributed by atoms with van der Waals surface area (Å²) >= 11 is 0. The molecule has 1 aromatic rings. The van der Waals surface area contributed by atoms with E-state index >= 15 is 0 Å². The van der Waals surface area contributed by atoms with E-state index in [0.717, 1.165) is 51.3 Å². The molecule has 0 amide bonds. The van der Waals surface area contributed by atoms with Crippen molar-refractivity contribution in [2.45, 2.75) is 115 Å². The van der Waals surface area contributed by atoms with Crippen LogP contribution >= 0.6 is 54.8 Å². The third-order valence-electron chi connectivity index (χ3n) is 7.49. The fourth-order valence-electron chi connectivity index (χ4n) is 4.96. The van der Waals surface area contributed by atoms with Gasteiger partial charge in [0.05, 0.1) is 37.7 Å². The average Bonchev–Trinajstić information content (AvgIpc) is 3.65. The molecule has 1 fully saturated rings. The van der Waals surface area contributed by atoms with Gasteiger partial charge in [0.15, 0.2) is 0 Å². The van der Waals surface area contributed by atoms with Gasteiger partial charge in [0.25, 0.3) is 46.9 Å². The van der Waals surface area contributed by atoms with Crippen molar-refractivity contribution in [3.05, 3.63) is 11.9 Å². The molecule has 0 aliphatic carbocycles. The summed E-state index contributed by atoms with van der Waals surface area (Å²) in [7, 11) is -41.5. The standard InChI is InChI=1S/C24H52N3O25P7/c1-21-18-23(28)24(47-21)20-46-55(33,34)49-57(37,38)51-59(41,42)52-58(39,40)50-56(35,36)48-54(31,32)45-16-12-9-7-5-3-4-6-8-11-15-27-19-22(25-26-27)14-10-13-17-44-53(29,30)43-2/h19,21,23-24,28H,3-18,20H2,1-2H3,(H,29,30)(H,31,32)(H,33,34)(H,35,36)(H,37,38)(H,39,40)(H,41,42)/p-6. The maximum absolute atomic E-state index is 11.9. The lowest BCUT2D eigenvalue weighted by Gasteiger charge is -2.38. The lowest BCUT2D eigenvalue weighted by atomic mass is 10.1. The first kappa shape index (κ1) is 55.2. The lowest BCUT2D eigenvalue weighted by Crippen LogP contribution is -2.27. The monoisotopic (exact) mass is 993 g/mol. The molecule has 348 valence electrons. The molecule has 35 heteroatoms. The Labute approximate surface area is 339 Å². The first-order chi connectivity index (χ1) is 27.1. The minimum Gasteiger partial charge on any atom is -0.756 e. The van der Waals surface area contributed by atoms with Gasteiger partial charge in [-0.05, 0) is 39.0 Å². The number of phosphoric acid groups is 7. The summed E-state index contributed by atoms with van der Waals surface area (Å²) in [4.78, 5) is 80.2. The highest BCUT2D eigenvalue weighted by Crippen LogP contribution is 2.70. The summed E-state index contributed by atoms with van der Waals surface area (Å²) in [5.41, 5.74) is 0.793. The van der Waals surface area contributed by atoms with E-state index in [-0.39, 0.29) is 19.4 Å². The molecule has 0 saturated carbocycles. The van der Waals surface area contributed by atoms with E-state index in [1.165, 1.54) is 6.92 Å². The van der Waals surface area contributed by atoms with Gasteiger partial charge in [-0.25, -0.2) is 26.1 Å². The Kier molecular flexibility index (Phi) is 23.3. The summed E-state index contributed by atoms with van der Waals surface area (Å²) in [5.74, 6) is 0. The van der Waals surface area contributed by atoms with Gasteiger partial charge in [-0.3, -0.25) is 41.1 Å². The van der Waals surface area contributed by atoms with Crippen molar-refractivity contribution in [1.82, 2.24) is 15.0 Å². The van der Waals surface area contributed by atoms with Crippen molar-refractivity contribution in [3.8, 4) is 0 Å². The van der Waals surface area contributed by atoms with Crippen LogP contribution in [0, 0.1) is 0 Å². The molecular formula is C24H46N3O25P7-6. The van der Waals surface area contributed by atoms with Crippen molar-refractivity contribution in [1.29, 1.82) is 0 Å². The molecular weight excluding hydrogens is 947 g/mol. The van der Waals surface area contributed by atoms with Gasteiger partial charge in [-0.2, -0.15) is 0 Å². The van der Waals surface area contributed by atoms with Gasteiger partial charge in [-0.15, -0.1) is 5.10 Å². The topological polar surface area (TPSA) is 421 Å². The number of nitrogens with zero attached hydrogens (tertiary/aromatic N) is 3. The van der Waals surface area contributed by atoms with E-state index < -0.39 is 86.3 Å². The molecule has 28 nitrogen and oxygen atoms in total. The maximum atomic E-state index is 11.9. The Hall–Kier alpha value is 0.0300. The molecule has 10 atom stereocenters. The van der Waals surface area contributed by atoms with E-state index in [0.29, 0.717) is 38.6 Å². The van der Waals surface area contributed by atoms with Crippen LogP contribution in [-0.4, -0.2) is 70.2 Å². The van der Waals surface area contributed by atoms with Crippen LogP contribution in [0.3, 0.4) is 0 Å². The molecule has 1 aliphatic rings. The largest absolute Gasteiger partial charge is 0.756 e. The minimum atomic E-state index is -6.82. The summed E-state index contributed by atoms with van der Waals surface area (Å²) in [6.07, 6.45) is 7.32. The van der Waals surface area contributed by atoms with Gasteiger partial charge in [0.2, 0.25) is 0 Å². The van der Waals surface area contributed by atoms with Crippen LogP contribution in [0.5, 0.6) is 0 Å². The highest BCUT2D eigenvalue weighted by Gasteiger charge is 2.35. The van der Waals surface area contributed by atoms with Crippen LogP contribution in [0.15, 0.2) is 6.20 Å². The molecule has 0 aromatic carbocycles. The summed E-state index contributed by atoms with van der Waals surface area (Å²) < 4.78 is 123. The zero-order valence-electron chi connectivity index (χ0n) is 31.6.